The minimum absolute atomic E-state index is 0.110. The lowest BCUT2D eigenvalue weighted by atomic mass is 10.1. The zero-order chi connectivity index (χ0) is 14.0. The molecule has 0 radical (unpaired) electrons. The summed E-state index contributed by atoms with van der Waals surface area (Å²) >= 11 is 0. The highest BCUT2D eigenvalue weighted by atomic mass is 16.2. The number of nitrogens with one attached hydrogen (secondary N) is 2. The molecule has 1 fully saturated rings. The maximum atomic E-state index is 11.9. The lowest BCUT2D eigenvalue weighted by molar-refractivity contribution is -0.121. The van der Waals surface area contributed by atoms with E-state index < -0.39 is 11.9 Å². The van der Waals surface area contributed by atoms with Gasteiger partial charge in [0.05, 0.1) is 16.9 Å². The zero-order valence-electron chi connectivity index (χ0n) is 10.8. The van der Waals surface area contributed by atoms with Crippen LogP contribution in [-0.4, -0.2) is 23.9 Å². The average molecular weight is 262 g/mol. The molecule has 1 aliphatic rings. The number of carbonyl (C=O) groups excluding carboxylic acids is 2. The first-order chi connectivity index (χ1) is 8.99. The van der Waals surface area contributed by atoms with Crippen LogP contribution < -0.4 is 22.1 Å². The fourth-order valence-corrected chi connectivity index (χ4v) is 1.77. The third kappa shape index (κ3) is 3.15. The van der Waals surface area contributed by atoms with Crippen LogP contribution in [-0.2, 0) is 4.79 Å². The Morgan fingerprint density at radius 2 is 2.05 bits per heavy atom. The summed E-state index contributed by atoms with van der Waals surface area (Å²) in [5.41, 5.74) is 12.2. The first kappa shape index (κ1) is 13.2. The molecule has 1 atom stereocenters. The van der Waals surface area contributed by atoms with Crippen molar-refractivity contribution >= 4 is 23.2 Å². The first-order valence-electron chi connectivity index (χ1n) is 6.24. The third-order valence-electron chi connectivity index (χ3n) is 3.04. The number of para-hydroxylation sites is 1. The quantitative estimate of drug-likeness (QED) is 0.577. The van der Waals surface area contributed by atoms with Crippen molar-refractivity contribution in [3.8, 4) is 0 Å². The number of primary amides is 1. The van der Waals surface area contributed by atoms with Crippen molar-refractivity contribution in [3.63, 3.8) is 0 Å². The Labute approximate surface area is 111 Å². The van der Waals surface area contributed by atoms with Gasteiger partial charge in [-0.15, -0.1) is 0 Å². The molecular weight excluding hydrogens is 244 g/mol. The van der Waals surface area contributed by atoms with E-state index in [1.807, 2.05) is 0 Å². The first-order valence-corrected chi connectivity index (χ1v) is 6.24. The van der Waals surface area contributed by atoms with E-state index in [1.165, 1.54) is 0 Å². The number of amides is 2. The lowest BCUT2D eigenvalue weighted by Gasteiger charge is -2.18. The van der Waals surface area contributed by atoms with Gasteiger partial charge in [-0.1, -0.05) is 6.07 Å². The number of hydrogen-bond acceptors (Lipinski definition) is 4. The second-order valence-corrected chi connectivity index (χ2v) is 4.78. The van der Waals surface area contributed by atoms with E-state index in [1.54, 1.807) is 25.1 Å². The van der Waals surface area contributed by atoms with Gasteiger partial charge in [-0.25, -0.2) is 0 Å². The number of rotatable bonds is 5. The lowest BCUT2D eigenvalue weighted by Crippen LogP contribution is -2.39. The van der Waals surface area contributed by atoms with E-state index >= 15 is 0 Å². The molecular formula is C13H18N4O2. The summed E-state index contributed by atoms with van der Waals surface area (Å²) in [6.45, 7) is 1.72. The normalized spacial score (nSPS) is 15.6. The topological polar surface area (TPSA) is 110 Å². The van der Waals surface area contributed by atoms with E-state index in [0.717, 1.165) is 12.8 Å². The summed E-state index contributed by atoms with van der Waals surface area (Å²) in [5, 5.41) is 5.84. The molecule has 2 rings (SSSR count). The molecule has 6 nitrogen and oxygen atoms in total. The molecule has 0 aromatic heterocycles. The zero-order valence-corrected chi connectivity index (χ0v) is 10.8. The van der Waals surface area contributed by atoms with Crippen molar-refractivity contribution in [2.24, 2.45) is 5.73 Å². The molecule has 19 heavy (non-hydrogen) atoms. The molecule has 2 amide bonds. The van der Waals surface area contributed by atoms with E-state index in [-0.39, 0.29) is 11.5 Å². The van der Waals surface area contributed by atoms with Crippen LogP contribution >= 0.6 is 0 Å². The minimum atomic E-state index is -0.579. The monoisotopic (exact) mass is 262 g/mol. The molecule has 0 saturated heterocycles. The molecule has 1 saturated carbocycles. The van der Waals surface area contributed by atoms with Gasteiger partial charge in [0.2, 0.25) is 5.91 Å². The van der Waals surface area contributed by atoms with E-state index in [9.17, 15) is 9.59 Å². The van der Waals surface area contributed by atoms with E-state index in [2.05, 4.69) is 10.6 Å². The summed E-state index contributed by atoms with van der Waals surface area (Å²) in [7, 11) is 0. The van der Waals surface area contributed by atoms with Crippen LogP contribution in [0.2, 0.25) is 0 Å². The van der Waals surface area contributed by atoms with Crippen LogP contribution in [0.4, 0.5) is 11.4 Å². The molecule has 0 spiro atoms. The van der Waals surface area contributed by atoms with Gasteiger partial charge in [0, 0.05) is 6.04 Å². The highest BCUT2D eigenvalue weighted by Crippen LogP contribution is 2.24. The standard InChI is InChI=1S/C13H18N4O2/c1-7(13(19)17-8-5-6-8)16-11-9(12(15)18)3-2-4-10(11)14/h2-4,7-8,16H,5-6,14H2,1H3,(H2,15,18)(H,17,19). The highest BCUT2D eigenvalue weighted by molar-refractivity contribution is 6.02. The fourth-order valence-electron chi connectivity index (χ4n) is 1.77. The van der Waals surface area contributed by atoms with Gasteiger partial charge in [0.1, 0.15) is 6.04 Å². The Morgan fingerprint density at radius 3 is 2.63 bits per heavy atom. The van der Waals surface area contributed by atoms with Gasteiger partial charge in [-0.3, -0.25) is 9.59 Å². The van der Waals surface area contributed by atoms with Gasteiger partial charge < -0.3 is 22.1 Å². The minimum Gasteiger partial charge on any atom is -0.397 e. The Morgan fingerprint density at radius 1 is 1.37 bits per heavy atom. The van der Waals surface area contributed by atoms with Gasteiger partial charge in [-0.05, 0) is 31.9 Å². The van der Waals surface area contributed by atoms with Crippen molar-refractivity contribution in [1.29, 1.82) is 0 Å². The number of nitrogen functional groups attached to an aromatic ring is 1. The van der Waals surface area contributed by atoms with Crippen molar-refractivity contribution in [1.82, 2.24) is 5.32 Å². The summed E-state index contributed by atoms with van der Waals surface area (Å²) in [4.78, 5) is 23.2. The summed E-state index contributed by atoms with van der Waals surface area (Å²) in [6, 6.07) is 4.69. The third-order valence-corrected chi connectivity index (χ3v) is 3.04. The van der Waals surface area contributed by atoms with E-state index in [4.69, 9.17) is 11.5 Å². The largest absolute Gasteiger partial charge is 0.397 e. The van der Waals surface area contributed by atoms with Gasteiger partial charge in [-0.2, -0.15) is 0 Å². The molecule has 102 valence electrons. The predicted octanol–water partition coefficient (Wildman–Crippen LogP) is 0.447. The van der Waals surface area contributed by atoms with E-state index in [0.29, 0.717) is 17.4 Å². The second kappa shape index (κ2) is 5.17. The molecule has 1 aromatic rings. The Bertz CT molecular complexity index is 511. The molecule has 1 aromatic carbocycles. The van der Waals surface area contributed by atoms with Crippen molar-refractivity contribution < 1.29 is 9.59 Å². The van der Waals surface area contributed by atoms with Gasteiger partial charge >= 0.3 is 0 Å². The van der Waals surface area contributed by atoms with Crippen LogP contribution in [0.3, 0.4) is 0 Å². The molecule has 0 aliphatic heterocycles. The SMILES string of the molecule is CC(Nc1c(N)cccc1C(N)=O)C(=O)NC1CC1. The van der Waals surface area contributed by atoms with Gasteiger partial charge in [0.15, 0.2) is 0 Å². The van der Waals surface area contributed by atoms with Crippen LogP contribution in [0.5, 0.6) is 0 Å². The number of hydrogen-bond donors (Lipinski definition) is 4. The predicted molar refractivity (Wildman–Crippen MR) is 73.6 cm³/mol. The number of carbonyl (C=O) groups is 2. The molecule has 1 unspecified atom stereocenters. The number of anilines is 2. The second-order valence-electron chi connectivity index (χ2n) is 4.78. The summed E-state index contributed by atoms with van der Waals surface area (Å²) in [6.07, 6.45) is 2.05. The number of benzene rings is 1. The number of nitrogens with two attached hydrogens (primary N) is 2. The maximum absolute atomic E-state index is 11.9. The Balaban J connectivity index is 2.12. The maximum Gasteiger partial charge on any atom is 0.250 e. The Kier molecular flexibility index (Phi) is 3.59. The highest BCUT2D eigenvalue weighted by Gasteiger charge is 2.26. The van der Waals surface area contributed by atoms with Crippen molar-refractivity contribution in [3.05, 3.63) is 23.8 Å². The molecule has 1 aliphatic carbocycles. The molecule has 6 N–H and O–H groups in total. The smallest absolute Gasteiger partial charge is 0.250 e. The van der Waals surface area contributed by atoms with Gasteiger partial charge in [0.25, 0.3) is 5.91 Å². The average Bonchev–Trinajstić information content (AvgIpc) is 3.15. The van der Waals surface area contributed by atoms with Crippen molar-refractivity contribution in [2.75, 3.05) is 11.1 Å². The van der Waals surface area contributed by atoms with Crippen LogP contribution in [0.1, 0.15) is 30.1 Å². The molecule has 0 bridgehead atoms. The fraction of sp³-hybridized carbons (Fsp3) is 0.385. The molecule has 6 heteroatoms. The van der Waals surface area contributed by atoms with Crippen LogP contribution in [0, 0.1) is 0 Å². The summed E-state index contributed by atoms with van der Waals surface area (Å²) in [5.74, 6) is -0.689. The molecule has 0 heterocycles. The van der Waals surface area contributed by atoms with Crippen molar-refractivity contribution in [2.45, 2.75) is 31.8 Å². The Hall–Kier alpha value is -2.24. The van der Waals surface area contributed by atoms with Crippen LogP contribution in [0.15, 0.2) is 18.2 Å². The van der Waals surface area contributed by atoms with Crippen LogP contribution in [0.25, 0.3) is 0 Å². The summed E-state index contributed by atoms with van der Waals surface area (Å²) < 4.78 is 0.